The Morgan fingerprint density at radius 2 is 1.96 bits per heavy atom. The summed E-state index contributed by atoms with van der Waals surface area (Å²) in [7, 11) is 1.65. The summed E-state index contributed by atoms with van der Waals surface area (Å²) in [6.45, 7) is 4.00. The highest BCUT2D eigenvalue weighted by Crippen LogP contribution is 2.19. The SMILES string of the molecule is COc1ccc(-n2cc(C(C)Nc3nccc(C)n3)cn2)cc1. The summed E-state index contributed by atoms with van der Waals surface area (Å²) in [5.41, 5.74) is 2.98. The highest BCUT2D eigenvalue weighted by atomic mass is 16.5. The number of nitrogens with one attached hydrogen (secondary N) is 1. The van der Waals surface area contributed by atoms with Crippen LogP contribution in [0.4, 0.5) is 5.95 Å². The molecule has 23 heavy (non-hydrogen) atoms. The molecule has 0 amide bonds. The maximum absolute atomic E-state index is 5.17. The predicted molar refractivity (Wildman–Crippen MR) is 88.9 cm³/mol. The molecular formula is C17H19N5O. The van der Waals surface area contributed by atoms with Crippen molar-refractivity contribution in [2.75, 3.05) is 12.4 Å². The molecule has 118 valence electrons. The Morgan fingerprint density at radius 3 is 2.65 bits per heavy atom. The van der Waals surface area contributed by atoms with Crippen molar-refractivity contribution >= 4 is 5.95 Å². The van der Waals surface area contributed by atoms with Crippen LogP contribution in [0.25, 0.3) is 5.69 Å². The van der Waals surface area contributed by atoms with Gasteiger partial charge in [0, 0.05) is 23.7 Å². The second-order valence-electron chi connectivity index (χ2n) is 5.30. The van der Waals surface area contributed by atoms with E-state index >= 15 is 0 Å². The zero-order valence-corrected chi connectivity index (χ0v) is 13.4. The number of rotatable bonds is 5. The van der Waals surface area contributed by atoms with Gasteiger partial charge in [-0.15, -0.1) is 0 Å². The van der Waals surface area contributed by atoms with E-state index < -0.39 is 0 Å². The summed E-state index contributed by atoms with van der Waals surface area (Å²) in [5, 5.41) is 7.70. The van der Waals surface area contributed by atoms with Crippen LogP contribution in [0.2, 0.25) is 0 Å². The minimum absolute atomic E-state index is 0.0591. The first-order chi connectivity index (χ1) is 11.2. The third-order valence-corrected chi connectivity index (χ3v) is 3.58. The Labute approximate surface area is 135 Å². The number of hydrogen-bond acceptors (Lipinski definition) is 5. The average Bonchev–Trinajstić information content (AvgIpc) is 3.05. The van der Waals surface area contributed by atoms with Crippen molar-refractivity contribution in [3.63, 3.8) is 0 Å². The Morgan fingerprint density at radius 1 is 1.17 bits per heavy atom. The van der Waals surface area contributed by atoms with Crippen LogP contribution in [0, 0.1) is 6.92 Å². The van der Waals surface area contributed by atoms with Crippen molar-refractivity contribution < 1.29 is 4.74 Å². The van der Waals surface area contributed by atoms with Crippen LogP contribution in [0.5, 0.6) is 5.75 Å². The minimum atomic E-state index is 0.0591. The van der Waals surface area contributed by atoms with E-state index in [9.17, 15) is 0 Å². The van der Waals surface area contributed by atoms with Gasteiger partial charge in [0.1, 0.15) is 5.75 Å². The lowest BCUT2D eigenvalue weighted by Crippen LogP contribution is -2.09. The molecule has 0 radical (unpaired) electrons. The van der Waals surface area contributed by atoms with Gasteiger partial charge in [0.15, 0.2) is 0 Å². The van der Waals surface area contributed by atoms with Gasteiger partial charge in [0.25, 0.3) is 0 Å². The fourth-order valence-corrected chi connectivity index (χ4v) is 2.23. The molecule has 0 aliphatic heterocycles. The standard InChI is InChI=1S/C17H19N5O/c1-12-8-9-18-17(20-12)21-13(2)14-10-19-22(11-14)15-4-6-16(23-3)7-5-15/h4-11,13H,1-3H3,(H,18,20,21). The smallest absolute Gasteiger partial charge is 0.223 e. The van der Waals surface area contributed by atoms with Crippen LogP contribution in [0.15, 0.2) is 48.9 Å². The Hall–Kier alpha value is -2.89. The van der Waals surface area contributed by atoms with Gasteiger partial charge < -0.3 is 10.1 Å². The van der Waals surface area contributed by atoms with Crippen LogP contribution >= 0.6 is 0 Å². The van der Waals surface area contributed by atoms with E-state index in [-0.39, 0.29) is 6.04 Å². The third-order valence-electron chi connectivity index (χ3n) is 3.58. The molecule has 1 atom stereocenters. The number of methoxy groups -OCH3 is 1. The van der Waals surface area contributed by atoms with Crippen LogP contribution in [0.1, 0.15) is 24.2 Å². The van der Waals surface area contributed by atoms with Crippen LogP contribution < -0.4 is 10.1 Å². The zero-order chi connectivity index (χ0) is 16.2. The molecule has 1 N–H and O–H groups in total. The highest BCUT2D eigenvalue weighted by molar-refractivity contribution is 5.38. The molecule has 1 unspecified atom stereocenters. The fourth-order valence-electron chi connectivity index (χ4n) is 2.23. The van der Waals surface area contributed by atoms with Gasteiger partial charge in [-0.05, 0) is 44.2 Å². The van der Waals surface area contributed by atoms with Crippen LogP contribution in [0.3, 0.4) is 0 Å². The van der Waals surface area contributed by atoms with E-state index in [4.69, 9.17) is 4.74 Å². The van der Waals surface area contributed by atoms with Crippen molar-refractivity contribution in [3.8, 4) is 11.4 Å². The first-order valence-corrected chi connectivity index (χ1v) is 7.41. The van der Waals surface area contributed by atoms with Crippen molar-refractivity contribution in [3.05, 3.63) is 60.2 Å². The largest absolute Gasteiger partial charge is 0.497 e. The third kappa shape index (κ3) is 3.48. The van der Waals surface area contributed by atoms with Crippen molar-refractivity contribution in [1.29, 1.82) is 0 Å². The van der Waals surface area contributed by atoms with Gasteiger partial charge in [0.05, 0.1) is 25.0 Å². The number of ether oxygens (including phenoxy) is 1. The van der Waals surface area contributed by atoms with E-state index in [0.717, 1.165) is 22.7 Å². The van der Waals surface area contributed by atoms with Gasteiger partial charge in [0.2, 0.25) is 5.95 Å². The number of anilines is 1. The molecule has 1 aromatic carbocycles. The quantitative estimate of drug-likeness (QED) is 0.784. The minimum Gasteiger partial charge on any atom is -0.497 e. The molecule has 0 saturated heterocycles. The first-order valence-electron chi connectivity index (χ1n) is 7.41. The summed E-state index contributed by atoms with van der Waals surface area (Å²) >= 11 is 0. The molecule has 2 aromatic heterocycles. The second kappa shape index (κ2) is 6.48. The monoisotopic (exact) mass is 309 g/mol. The summed E-state index contributed by atoms with van der Waals surface area (Å²) in [6, 6.07) is 9.70. The normalized spacial score (nSPS) is 12.0. The van der Waals surface area contributed by atoms with Crippen molar-refractivity contribution in [2.24, 2.45) is 0 Å². The molecule has 6 heteroatoms. The van der Waals surface area contributed by atoms with E-state index in [1.54, 1.807) is 13.3 Å². The summed E-state index contributed by atoms with van der Waals surface area (Å²) in [4.78, 5) is 8.59. The van der Waals surface area contributed by atoms with Crippen molar-refractivity contribution in [2.45, 2.75) is 19.9 Å². The van der Waals surface area contributed by atoms with E-state index in [1.807, 2.05) is 54.3 Å². The molecule has 3 rings (SSSR count). The van der Waals surface area contributed by atoms with Gasteiger partial charge in [-0.1, -0.05) is 0 Å². The van der Waals surface area contributed by atoms with Gasteiger partial charge >= 0.3 is 0 Å². The summed E-state index contributed by atoms with van der Waals surface area (Å²) < 4.78 is 7.01. The molecule has 0 saturated carbocycles. The lowest BCUT2D eigenvalue weighted by molar-refractivity contribution is 0.414. The maximum Gasteiger partial charge on any atom is 0.223 e. The molecular weight excluding hydrogens is 290 g/mol. The number of hydrogen-bond donors (Lipinski definition) is 1. The predicted octanol–water partition coefficient (Wildman–Crippen LogP) is 3.15. The van der Waals surface area contributed by atoms with Gasteiger partial charge in [-0.25, -0.2) is 14.6 Å². The number of benzene rings is 1. The Kier molecular flexibility index (Phi) is 4.23. The highest BCUT2D eigenvalue weighted by Gasteiger charge is 2.10. The van der Waals surface area contributed by atoms with E-state index in [1.165, 1.54) is 0 Å². The number of nitrogens with zero attached hydrogens (tertiary/aromatic N) is 4. The zero-order valence-electron chi connectivity index (χ0n) is 13.4. The van der Waals surface area contributed by atoms with Gasteiger partial charge in [-0.3, -0.25) is 0 Å². The van der Waals surface area contributed by atoms with Crippen molar-refractivity contribution in [1.82, 2.24) is 19.7 Å². The average molecular weight is 309 g/mol. The second-order valence-corrected chi connectivity index (χ2v) is 5.30. The molecule has 2 heterocycles. The molecule has 6 nitrogen and oxygen atoms in total. The molecule has 0 fully saturated rings. The number of aromatic nitrogens is 4. The Balaban J connectivity index is 1.75. The molecule has 0 bridgehead atoms. The summed E-state index contributed by atoms with van der Waals surface area (Å²) in [6.07, 6.45) is 5.59. The first kappa shape index (κ1) is 15.0. The van der Waals surface area contributed by atoms with E-state index in [2.05, 4.69) is 27.3 Å². The summed E-state index contributed by atoms with van der Waals surface area (Å²) in [5.74, 6) is 1.45. The lowest BCUT2D eigenvalue weighted by atomic mass is 10.2. The Bertz CT molecular complexity index is 782. The topological polar surface area (TPSA) is 64.9 Å². The maximum atomic E-state index is 5.17. The van der Waals surface area contributed by atoms with Gasteiger partial charge in [-0.2, -0.15) is 5.10 Å². The molecule has 3 aromatic rings. The number of aryl methyl sites for hydroxylation is 1. The van der Waals surface area contributed by atoms with Crippen LogP contribution in [-0.4, -0.2) is 26.9 Å². The molecule has 0 aliphatic carbocycles. The lowest BCUT2D eigenvalue weighted by Gasteiger charge is -2.11. The van der Waals surface area contributed by atoms with Crippen LogP contribution in [-0.2, 0) is 0 Å². The van der Waals surface area contributed by atoms with E-state index in [0.29, 0.717) is 5.95 Å². The molecule has 0 aliphatic rings. The fraction of sp³-hybridized carbons (Fsp3) is 0.235. The molecule has 0 spiro atoms.